The lowest BCUT2D eigenvalue weighted by molar-refractivity contribution is -0.0885. The molecule has 1 aromatic heterocycles. The van der Waals surface area contributed by atoms with Crippen molar-refractivity contribution in [1.29, 1.82) is 0 Å². The molecule has 4 rings (SSSR count). The van der Waals surface area contributed by atoms with Gasteiger partial charge in [-0.25, -0.2) is 13.5 Å². The fourth-order valence-electron chi connectivity index (χ4n) is 4.02. The molecule has 0 spiro atoms. The van der Waals surface area contributed by atoms with Crippen molar-refractivity contribution in [3.63, 3.8) is 0 Å². The molecule has 8 nitrogen and oxygen atoms in total. The number of halogens is 3. The molecule has 2 N–H and O–H groups in total. The number of carbonyl (C=O) groups is 3. The summed E-state index contributed by atoms with van der Waals surface area (Å²) in [5.74, 6) is -2.25. The largest absolute Gasteiger partial charge is 0.454 e. The van der Waals surface area contributed by atoms with Crippen LogP contribution in [0.5, 0.6) is 0 Å². The molecule has 0 atom stereocenters. The minimum absolute atomic E-state index is 0.0463. The Morgan fingerprint density at radius 1 is 1.03 bits per heavy atom. The Balaban J connectivity index is 1.54. The Hall–Kier alpha value is -3.15. The number of hydrogen-bond acceptors (Lipinski definition) is 5. The number of ketones is 2. The number of nitrogens with zero attached hydrogens (tertiary/aromatic N) is 1. The van der Waals surface area contributed by atoms with Gasteiger partial charge < -0.3 is 5.32 Å². The molecule has 2 aromatic rings. The number of Topliss-reactive ketones (excluding diaryl/α,β-unsaturated/α-hetero) is 2. The quantitative estimate of drug-likeness (QED) is 0.689. The van der Waals surface area contributed by atoms with Crippen LogP contribution in [0, 0.1) is 0 Å². The van der Waals surface area contributed by atoms with Crippen molar-refractivity contribution in [2.24, 2.45) is 0 Å². The van der Waals surface area contributed by atoms with Crippen LogP contribution in [-0.4, -0.2) is 36.2 Å². The van der Waals surface area contributed by atoms with Crippen LogP contribution in [0.25, 0.3) is 0 Å². The van der Waals surface area contributed by atoms with E-state index in [9.17, 15) is 36.0 Å². The van der Waals surface area contributed by atoms with Gasteiger partial charge in [0, 0.05) is 35.6 Å². The molecule has 0 aliphatic heterocycles. The smallest absolute Gasteiger partial charge is 0.307 e. The summed E-state index contributed by atoms with van der Waals surface area (Å²) in [5.41, 5.74) is 2.79. The first kappa shape index (κ1) is 21.1. The predicted octanol–water partition coefficient (Wildman–Crippen LogP) is 2.77. The van der Waals surface area contributed by atoms with E-state index in [1.807, 2.05) is 0 Å². The van der Waals surface area contributed by atoms with E-state index >= 15 is 0 Å². The zero-order valence-corrected chi connectivity index (χ0v) is 16.7. The van der Waals surface area contributed by atoms with Crippen molar-refractivity contribution in [2.45, 2.75) is 38.3 Å². The van der Waals surface area contributed by atoms with Gasteiger partial charge in [0.2, 0.25) is 0 Å². The Labute approximate surface area is 174 Å². The summed E-state index contributed by atoms with van der Waals surface area (Å²) in [4.78, 5) is 35.7. The fourth-order valence-corrected chi connectivity index (χ4v) is 4.88. The highest BCUT2D eigenvalue weighted by atomic mass is 32.2. The number of nitrogens with one attached hydrogen (secondary N) is 2. The zero-order valence-electron chi connectivity index (χ0n) is 15.9. The topological polar surface area (TPSA) is 114 Å². The third-order valence-corrected chi connectivity index (χ3v) is 6.58. The second kappa shape index (κ2) is 7.22. The molecule has 12 heteroatoms. The second-order valence-electron chi connectivity index (χ2n) is 7.30. The Morgan fingerprint density at radius 2 is 1.74 bits per heavy atom. The van der Waals surface area contributed by atoms with E-state index < -0.39 is 33.8 Å². The molecule has 164 valence electrons. The molecular weight excluding hydrogens is 439 g/mol. The SMILES string of the molecule is O=C(Nc1cc2c(c3c1CCC3)CCC2=O)NS(=O)(=O)n1ccc(C(=O)C(F)(F)F)c1. The third kappa shape index (κ3) is 3.82. The number of rotatable bonds is 4. The summed E-state index contributed by atoms with van der Waals surface area (Å²) in [5, 5.41) is 2.43. The summed E-state index contributed by atoms with van der Waals surface area (Å²) >= 11 is 0. The molecule has 2 aliphatic carbocycles. The number of alkyl halides is 3. The first-order valence-corrected chi connectivity index (χ1v) is 10.8. The summed E-state index contributed by atoms with van der Waals surface area (Å²) < 4.78 is 64.2. The third-order valence-electron chi connectivity index (χ3n) is 5.36. The maximum atomic E-state index is 12.5. The van der Waals surface area contributed by atoms with Crippen molar-refractivity contribution >= 4 is 33.5 Å². The zero-order chi connectivity index (χ0) is 22.6. The van der Waals surface area contributed by atoms with Crippen molar-refractivity contribution in [1.82, 2.24) is 8.69 Å². The number of benzene rings is 1. The van der Waals surface area contributed by atoms with Gasteiger partial charge in [-0.3, -0.25) is 9.59 Å². The van der Waals surface area contributed by atoms with Gasteiger partial charge >= 0.3 is 22.4 Å². The average Bonchev–Trinajstić information content (AvgIpc) is 3.39. The molecule has 0 saturated heterocycles. The molecular formula is C19H16F3N3O5S. The van der Waals surface area contributed by atoms with E-state index in [4.69, 9.17) is 0 Å². The molecule has 0 unspecified atom stereocenters. The molecule has 0 bridgehead atoms. The Morgan fingerprint density at radius 3 is 2.45 bits per heavy atom. The fraction of sp³-hybridized carbons (Fsp3) is 0.316. The average molecular weight is 455 g/mol. The van der Waals surface area contributed by atoms with Crippen LogP contribution in [0.1, 0.15) is 50.2 Å². The highest BCUT2D eigenvalue weighted by molar-refractivity contribution is 7.88. The van der Waals surface area contributed by atoms with Crippen LogP contribution in [0.3, 0.4) is 0 Å². The van der Waals surface area contributed by atoms with Gasteiger partial charge in [-0.15, -0.1) is 0 Å². The maximum absolute atomic E-state index is 12.5. The number of fused-ring (bicyclic) bond motifs is 3. The van der Waals surface area contributed by atoms with E-state index in [2.05, 4.69) is 5.32 Å². The molecule has 2 amide bonds. The van der Waals surface area contributed by atoms with Gasteiger partial charge in [-0.2, -0.15) is 21.6 Å². The van der Waals surface area contributed by atoms with Crippen molar-refractivity contribution in [3.05, 3.63) is 52.3 Å². The highest BCUT2D eigenvalue weighted by Gasteiger charge is 2.40. The summed E-state index contributed by atoms with van der Waals surface area (Å²) in [6, 6.07) is 1.08. The van der Waals surface area contributed by atoms with Gasteiger partial charge in [0.1, 0.15) is 0 Å². The van der Waals surface area contributed by atoms with Crippen LogP contribution in [0.4, 0.5) is 23.7 Å². The molecule has 1 heterocycles. The lowest BCUT2D eigenvalue weighted by Crippen LogP contribution is -2.37. The van der Waals surface area contributed by atoms with Crippen LogP contribution < -0.4 is 10.0 Å². The van der Waals surface area contributed by atoms with Gasteiger partial charge in [0.05, 0.1) is 0 Å². The van der Waals surface area contributed by atoms with E-state index in [0.29, 0.717) is 46.7 Å². The summed E-state index contributed by atoms with van der Waals surface area (Å²) in [6.07, 6.45) is -0.667. The van der Waals surface area contributed by atoms with Crippen LogP contribution in [-0.2, 0) is 29.5 Å². The molecule has 0 radical (unpaired) electrons. The predicted molar refractivity (Wildman–Crippen MR) is 102 cm³/mol. The van der Waals surface area contributed by atoms with Crippen LogP contribution in [0.2, 0.25) is 0 Å². The summed E-state index contributed by atoms with van der Waals surface area (Å²) in [7, 11) is -4.61. The van der Waals surface area contributed by atoms with E-state index in [0.717, 1.165) is 35.7 Å². The van der Waals surface area contributed by atoms with E-state index in [1.165, 1.54) is 6.07 Å². The minimum Gasteiger partial charge on any atom is -0.307 e. The number of anilines is 1. The number of hydrogen-bond donors (Lipinski definition) is 2. The first-order valence-electron chi connectivity index (χ1n) is 9.32. The highest BCUT2D eigenvalue weighted by Crippen LogP contribution is 2.38. The standard InChI is InChI=1S/C19H16F3N3O5S/c20-19(21,22)17(27)10-6-7-25(9-10)31(29,30)24-18(28)23-15-8-14-12(4-5-16(14)26)11-2-1-3-13(11)15/h6-9H,1-5H2,(H2,23,24,28). The lowest BCUT2D eigenvalue weighted by Gasteiger charge is -2.15. The Bertz CT molecular complexity index is 1230. The maximum Gasteiger partial charge on any atom is 0.454 e. The van der Waals surface area contributed by atoms with Crippen LogP contribution >= 0.6 is 0 Å². The number of amides is 2. The van der Waals surface area contributed by atoms with Crippen molar-refractivity contribution in [2.75, 3.05) is 5.32 Å². The minimum atomic E-state index is -5.16. The van der Waals surface area contributed by atoms with Gasteiger partial charge in [0.15, 0.2) is 5.78 Å². The number of carbonyl (C=O) groups excluding carboxylic acids is 3. The van der Waals surface area contributed by atoms with Gasteiger partial charge in [0.25, 0.3) is 5.78 Å². The number of aromatic nitrogens is 1. The molecule has 2 aliphatic rings. The normalized spacial score (nSPS) is 15.5. The number of urea groups is 1. The van der Waals surface area contributed by atoms with Gasteiger partial charge in [-0.1, -0.05) is 0 Å². The molecule has 0 saturated carbocycles. The van der Waals surface area contributed by atoms with E-state index in [-0.39, 0.29) is 5.78 Å². The monoisotopic (exact) mass is 455 g/mol. The first-order chi connectivity index (χ1) is 14.5. The molecule has 31 heavy (non-hydrogen) atoms. The van der Waals surface area contributed by atoms with Crippen LogP contribution in [0.15, 0.2) is 24.5 Å². The van der Waals surface area contributed by atoms with Crippen molar-refractivity contribution in [3.8, 4) is 0 Å². The molecule has 0 fully saturated rings. The van der Waals surface area contributed by atoms with Crippen molar-refractivity contribution < 1.29 is 36.0 Å². The molecule has 1 aromatic carbocycles. The summed E-state index contributed by atoms with van der Waals surface area (Å²) in [6.45, 7) is 0. The Kier molecular flexibility index (Phi) is 4.91. The second-order valence-corrected chi connectivity index (χ2v) is 8.88. The van der Waals surface area contributed by atoms with E-state index in [1.54, 1.807) is 4.72 Å². The van der Waals surface area contributed by atoms with Gasteiger partial charge in [-0.05, 0) is 54.5 Å². The lowest BCUT2D eigenvalue weighted by atomic mass is 9.97.